The number of hydrogen-bond donors (Lipinski definition) is 1. The van der Waals surface area contributed by atoms with E-state index in [0.717, 1.165) is 22.2 Å². The summed E-state index contributed by atoms with van der Waals surface area (Å²) in [7, 11) is 0. The molecule has 6 heteroatoms. The molecule has 0 saturated heterocycles. The van der Waals surface area contributed by atoms with Gasteiger partial charge in [0.15, 0.2) is 5.65 Å². The number of nitrogens with one attached hydrogen (secondary N) is 1. The highest BCUT2D eigenvalue weighted by Gasteiger charge is 2.25. The predicted molar refractivity (Wildman–Crippen MR) is 115 cm³/mol. The quantitative estimate of drug-likeness (QED) is 0.549. The van der Waals surface area contributed by atoms with E-state index in [2.05, 4.69) is 36.1 Å². The molecule has 2 aromatic carbocycles. The number of nitrogens with zero attached hydrogens (tertiary/aromatic N) is 4. The average Bonchev–Trinajstić information content (AvgIpc) is 3.10. The van der Waals surface area contributed by atoms with Crippen molar-refractivity contribution in [1.82, 2.24) is 19.7 Å². The number of benzene rings is 2. The molecule has 0 saturated carbocycles. The van der Waals surface area contributed by atoms with Crippen molar-refractivity contribution in [3.8, 4) is 11.3 Å². The van der Waals surface area contributed by atoms with Gasteiger partial charge < -0.3 is 5.32 Å². The van der Waals surface area contributed by atoms with E-state index >= 15 is 0 Å². The number of anilines is 1. The maximum absolute atomic E-state index is 12.8. The fourth-order valence-electron chi connectivity index (χ4n) is 3.20. The smallest absolute Gasteiger partial charge is 0.256 e. The van der Waals surface area contributed by atoms with E-state index in [-0.39, 0.29) is 11.4 Å². The fraction of sp³-hybridized carbons (Fsp3) is 0.217. The molecule has 0 aliphatic rings. The zero-order valence-corrected chi connectivity index (χ0v) is 17.0. The van der Waals surface area contributed by atoms with Crippen LogP contribution in [0.4, 0.5) is 5.82 Å². The zero-order chi connectivity index (χ0) is 20.6. The number of fused-ring (bicyclic) bond motifs is 1. The summed E-state index contributed by atoms with van der Waals surface area (Å²) in [6.07, 6.45) is 1.46. The average molecular weight is 385 g/mol. The molecule has 146 valence electrons. The molecule has 6 nitrogen and oxygen atoms in total. The van der Waals surface area contributed by atoms with E-state index < -0.39 is 0 Å². The largest absolute Gasteiger partial charge is 0.306 e. The summed E-state index contributed by atoms with van der Waals surface area (Å²) in [4.78, 5) is 21.7. The first-order chi connectivity index (χ1) is 13.8. The SMILES string of the molecule is Cc1ccc(C(=O)Nc2ncnc3c2c(-c2ccccc2)nn3C(C)(C)C)cc1. The molecule has 0 fully saturated rings. The summed E-state index contributed by atoms with van der Waals surface area (Å²) in [5.74, 6) is 0.238. The first-order valence-corrected chi connectivity index (χ1v) is 9.52. The summed E-state index contributed by atoms with van der Waals surface area (Å²) in [5.41, 5.74) is 3.77. The highest BCUT2D eigenvalue weighted by Crippen LogP contribution is 2.34. The van der Waals surface area contributed by atoms with E-state index in [0.29, 0.717) is 17.0 Å². The topological polar surface area (TPSA) is 72.7 Å². The van der Waals surface area contributed by atoms with Crippen molar-refractivity contribution in [1.29, 1.82) is 0 Å². The van der Waals surface area contributed by atoms with E-state index in [1.807, 2.05) is 54.1 Å². The van der Waals surface area contributed by atoms with Crippen molar-refractivity contribution < 1.29 is 4.79 Å². The number of amides is 1. The number of rotatable bonds is 3. The lowest BCUT2D eigenvalue weighted by Crippen LogP contribution is -2.23. The highest BCUT2D eigenvalue weighted by molar-refractivity contribution is 6.10. The Morgan fingerprint density at radius 1 is 0.966 bits per heavy atom. The second-order valence-electron chi connectivity index (χ2n) is 8.04. The van der Waals surface area contributed by atoms with Crippen LogP contribution in [0.3, 0.4) is 0 Å². The van der Waals surface area contributed by atoms with Crippen molar-refractivity contribution in [2.75, 3.05) is 5.32 Å². The Morgan fingerprint density at radius 3 is 2.31 bits per heavy atom. The Hall–Kier alpha value is -3.54. The summed E-state index contributed by atoms with van der Waals surface area (Å²) < 4.78 is 1.88. The van der Waals surface area contributed by atoms with Crippen LogP contribution >= 0.6 is 0 Å². The Labute approximate surface area is 169 Å². The van der Waals surface area contributed by atoms with Crippen LogP contribution in [-0.4, -0.2) is 25.7 Å². The van der Waals surface area contributed by atoms with Crippen molar-refractivity contribution in [3.05, 3.63) is 72.1 Å². The van der Waals surface area contributed by atoms with Gasteiger partial charge in [0.25, 0.3) is 5.91 Å². The van der Waals surface area contributed by atoms with Crippen molar-refractivity contribution in [2.45, 2.75) is 33.2 Å². The number of aromatic nitrogens is 4. The molecule has 4 aromatic rings. The third-order valence-electron chi connectivity index (χ3n) is 4.69. The third-order valence-corrected chi connectivity index (χ3v) is 4.69. The van der Waals surface area contributed by atoms with Gasteiger partial charge in [0.2, 0.25) is 0 Å². The van der Waals surface area contributed by atoms with Gasteiger partial charge in [0.1, 0.15) is 17.8 Å². The lowest BCUT2D eigenvalue weighted by Gasteiger charge is -2.19. The number of hydrogen-bond acceptors (Lipinski definition) is 4. The third kappa shape index (κ3) is 3.61. The van der Waals surface area contributed by atoms with Crippen molar-refractivity contribution >= 4 is 22.8 Å². The minimum Gasteiger partial charge on any atom is -0.306 e. The van der Waals surface area contributed by atoms with Crippen LogP contribution < -0.4 is 5.32 Å². The number of carbonyl (C=O) groups is 1. The van der Waals surface area contributed by atoms with Crippen LogP contribution in [0.5, 0.6) is 0 Å². The minimum absolute atomic E-state index is 0.215. The maximum atomic E-state index is 12.8. The van der Waals surface area contributed by atoms with E-state index in [9.17, 15) is 4.79 Å². The van der Waals surface area contributed by atoms with E-state index in [1.54, 1.807) is 12.1 Å². The predicted octanol–water partition coefficient (Wildman–Crippen LogP) is 4.81. The molecule has 0 bridgehead atoms. The van der Waals surface area contributed by atoms with Gasteiger partial charge in [-0.1, -0.05) is 48.0 Å². The van der Waals surface area contributed by atoms with Gasteiger partial charge in [-0.25, -0.2) is 14.6 Å². The van der Waals surface area contributed by atoms with Crippen LogP contribution in [0.1, 0.15) is 36.7 Å². The molecular weight excluding hydrogens is 362 g/mol. The molecule has 0 radical (unpaired) electrons. The van der Waals surface area contributed by atoms with Gasteiger partial charge >= 0.3 is 0 Å². The Morgan fingerprint density at radius 2 is 1.66 bits per heavy atom. The highest BCUT2D eigenvalue weighted by atomic mass is 16.1. The molecule has 0 aliphatic carbocycles. The molecule has 0 aliphatic heterocycles. The molecule has 0 spiro atoms. The second kappa shape index (κ2) is 7.13. The Balaban J connectivity index is 1.87. The summed E-state index contributed by atoms with van der Waals surface area (Å²) in [5, 5.41) is 8.53. The van der Waals surface area contributed by atoms with Gasteiger partial charge in [0.05, 0.1) is 10.9 Å². The van der Waals surface area contributed by atoms with Crippen LogP contribution in [0.2, 0.25) is 0 Å². The molecule has 2 heterocycles. The summed E-state index contributed by atoms with van der Waals surface area (Å²) in [6, 6.07) is 17.3. The number of carbonyl (C=O) groups excluding carboxylic acids is 1. The zero-order valence-electron chi connectivity index (χ0n) is 17.0. The molecule has 0 atom stereocenters. The molecular formula is C23H23N5O. The van der Waals surface area contributed by atoms with Crippen LogP contribution in [0, 0.1) is 6.92 Å². The van der Waals surface area contributed by atoms with Gasteiger partial charge in [0, 0.05) is 11.1 Å². The lowest BCUT2D eigenvalue weighted by molar-refractivity contribution is 0.102. The molecule has 0 unspecified atom stereocenters. The minimum atomic E-state index is -0.280. The van der Waals surface area contributed by atoms with E-state index in [1.165, 1.54) is 6.33 Å². The van der Waals surface area contributed by atoms with Crippen LogP contribution in [-0.2, 0) is 5.54 Å². The second-order valence-corrected chi connectivity index (χ2v) is 8.04. The normalized spacial score (nSPS) is 11.6. The van der Waals surface area contributed by atoms with Gasteiger partial charge in [-0.05, 0) is 39.8 Å². The van der Waals surface area contributed by atoms with Crippen LogP contribution in [0.15, 0.2) is 60.9 Å². The molecule has 1 amide bonds. The van der Waals surface area contributed by atoms with Gasteiger partial charge in [-0.3, -0.25) is 4.79 Å². The van der Waals surface area contributed by atoms with Gasteiger partial charge in [-0.2, -0.15) is 5.10 Å². The molecule has 2 aromatic heterocycles. The standard InChI is InChI=1S/C23H23N5O/c1-15-10-12-17(13-11-15)22(29)26-20-18-19(16-8-6-5-7-9-16)27-28(23(2,3)4)21(18)25-14-24-20/h5-14H,1-4H3,(H,24,25,26,29). The van der Waals surface area contributed by atoms with E-state index in [4.69, 9.17) is 5.10 Å². The Kier molecular flexibility index (Phi) is 4.62. The van der Waals surface area contributed by atoms with Crippen molar-refractivity contribution in [3.63, 3.8) is 0 Å². The Bertz CT molecular complexity index is 1170. The fourth-order valence-corrected chi connectivity index (χ4v) is 3.20. The summed E-state index contributed by atoms with van der Waals surface area (Å²) in [6.45, 7) is 8.20. The molecule has 29 heavy (non-hydrogen) atoms. The van der Waals surface area contributed by atoms with Crippen LogP contribution in [0.25, 0.3) is 22.3 Å². The summed E-state index contributed by atoms with van der Waals surface area (Å²) >= 11 is 0. The maximum Gasteiger partial charge on any atom is 0.256 e. The first kappa shape index (κ1) is 18.8. The lowest BCUT2D eigenvalue weighted by atomic mass is 10.1. The monoisotopic (exact) mass is 385 g/mol. The van der Waals surface area contributed by atoms with Crippen molar-refractivity contribution in [2.24, 2.45) is 0 Å². The number of aryl methyl sites for hydroxylation is 1. The molecule has 1 N–H and O–H groups in total. The first-order valence-electron chi connectivity index (χ1n) is 9.52. The van der Waals surface area contributed by atoms with Gasteiger partial charge in [-0.15, -0.1) is 0 Å². The molecule has 4 rings (SSSR count).